The van der Waals surface area contributed by atoms with Crippen LogP contribution in [-0.4, -0.2) is 36.1 Å². The van der Waals surface area contributed by atoms with Gasteiger partial charge in [0.05, 0.1) is 17.7 Å². The molecule has 0 fully saturated rings. The predicted octanol–water partition coefficient (Wildman–Crippen LogP) is 2.05. The molecule has 1 aromatic carbocycles. The van der Waals surface area contributed by atoms with Gasteiger partial charge in [-0.1, -0.05) is 13.8 Å². The van der Waals surface area contributed by atoms with Crippen molar-refractivity contribution in [1.29, 1.82) is 0 Å². The van der Waals surface area contributed by atoms with Gasteiger partial charge in [0.1, 0.15) is 11.8 Å². The third kappa shape index (κ3) is 2.96. The molecule has 8 nitrogen and oxygen atoms in total. The molecule has 2 atom stereocenters. The van der Waals surface area contributed by atoms with E-state index in [4.69, 9.17) is 9.47 Å². The van der Waals surface area contributed by atoms with Crippen LogP contribution in [0.3, 0.4) is 0 Å². The fourth-order valence-electron chi connectivity index (χ4n) is 2.55. The van der Waals surface area contributed by atoms with Gasteiger partial charge in [0.2, 0.25) is 0 Å². The van der Waals surface area contributed by atoms with Crippen molar-refractivity contribution < 1.29 is 24.0 Å². The number of esters is 1. The number of anilines is 1. The van der Waals surface area contributed by atoms with Crippen LogP contribution in [-0.2, 0) is 14.3 Å². The number of nitro benzene ring substituents is 1. The Bertz CT molecular complexity index is 645. The zero-order valence-electron chi connectivity index (χ0n) is 13.1. The summed E-state index contributed by atoms with van der Waals surface area (Å²) >= 11 is 0. The molecule has 0 saturated carbocycles. The second-order valence-electron chi connectivity index (χ2n) is 5.08. The van der Waals surface area contributed by atoms with Crippen molar-refractivity contribution in [2.24, 2.45) is 0 Å². The highest BCUT2D eigenvalue weighted by Gasteiger charge is 2.40. The van der Waals surface area contributed by atoms with Gasteiger partial charge >= 0.3 is 5.97 Å². The maximum absolute atomic E-state index is 12.6. The highest BCUT2D eigenvalue weighted by molar-refractivity contribution is 6.04. The quantitative estimate of drug-likeness (QED) is 0.467. The summed E-state index contributed by atoms with van der Waals surface area (Å²) in [7, 11) is 1.24. The SMILES string of the molecule is CCC1Oc2ccc([N+](=O)[O-])cc2N(C(CC)C(=O)OC)C1=O. The Kier molecular flexibility index (Phi) is 4.83. The van der Waals surface area contributed by atoms with Gasteiger partial charge in [0, 0.05) is 12.1 Å². The van der Waals surface area contributed by atoms with Crippen LogP contribution in [0.15, 0.2) is 18.2 Å². The minimum absolute atomic E-state index is 0.181. The number of fused-ring (bicyclic) bond motifs is 1. The van der Waals surface area contributed by atoms with E-state index in [0.29, 0.717) is 18.6 Å². The lowest BCUT2D eigenvalue weighted by Gasteiger charge is -2.37. The number of hydrogen-bond acceptors (Lipinski definition) is 6. The van der Waals surface area contributed by atoms with Crippen LogP contribution in [0.25, 0.3) is 0 Å². The third-order valence-corrected chi connectivity index (χ3v) is 3.74. The molecule has 124 valence electrons. The number of carbonyl (C=O) groups excluding carboxylic acids is 2. The number of carbonyl (C=O) groups is 2. The zero-order valence-corrected chi connectivity index (χ0v) is 13.1. The van der Waals surface area contributed by atoms with Crippen molar-refractivity contribution in [1.82, 2.24) is 0 Å². The van der Waals surface area contributed by atoms with Crippen LogP contribution in [0.1, 0.15) is 26.7 Å². The van der Waals surface area contributed by atoms with Crippen LogP contribution < -0.4 is 9.64 Å². The Morgan fingerprint density at radius 3 is 2.70 bits per heavy atom. The number of nitro groups is 1. The number of hydrogen-bond donors (Lipinski definition) is 0. The van der Waals surface area contributed by atoms with Crippen LogP contribution in [0, 0.1) is 10.1 Å². The number of non-ortho nitro benzene ring substituents is 1. The number of amides is 1. The molecule has 2 unspecified atom stereocenters. The summed E-state index contributed by atoms with van der Waals surface area (Å²) in [5, 5.41) is 11.0. The number of methoxy groups -OCH3 is 1. The average Bonchev–Trinajstić information content (AvgIpc) is 2.56. The third-order valence-electron chi connectivity index (χ3n) is 3.74. The standard InChI is InChI=1S/C15H18N2O6/c1-4-10(15(19)22-3)16-11-8-9(17(20)21)6-7-13(11)23-12(5-2)14(16)18/h6-8,10,12H,4-5H2,1-3H3. The highest BCUT2D eigenvalue weighted by atomic mass is 16.6. The Balaban J connectivity index is 2.58. The lowest BCUT2D eigenvalue weighted by atomic mass is 10.1. The molecule has 1 aromatic rings. The smallest absolute Gasteiger partial charge is 0.328 e. The van der Waals surface area contributed by atoms with Gasteiger partial charge < -0.3 is 9.47 Å². The molecule has 1 amide bonds. The molecule has 0 aliphatic carbocycles. The van der Waals surface area contributed by atoms with Crippen molar-refractivity contribution in [2.75, 3.05) is 12.0 Å². The number of rotatable bonds is 5. The van der Waals surface area contributed by atoms with Crippen molar-refractivity contribution in [3.05, 3.63) is 28.3 Å². The molecule has 23 heavy (non-hydrogen) atoms. The van der Waals surface area contributed by atoms with Crippen LogP contribution in [0.5, 0.6) is 5.75 Å². The normalized spacial score (nSPS) is 18.0. The second kappa shape index (κ2) is 6.64. The number of nitrogens with zero attached hydrogens (tertiary/aromatic N) is 2. The Morgan fingerprint density at radius 1 is 1.48 bits per heavy atom. The lowest BCUT2D eigenvalue weighted by molar-refractivity contribution is -0.384. The first-order valence-electron chi connectivity index (χ1n) is 7.30. The topological polar surface area (TPSA) is 99.0 Å². The molecule has 0 spiro atoms. The van der Waals surface area contributed by atoms with Gasteiger partial charge in [-0.2, -0.15) is 0 Å². The molecule has 2 rings (SSSR count). The van der Waals surface area contributed by atoms with Crippen LogP contribution in [0.2, 0.25) is 0 Å². The molecule has 0 bridgehead atoms. The summed E-state index contributed by atoms with van der Waals surface area (Å²) in [6.07, 6.45) is 0.00281. The molecular formula is C15H18N2O6. The van der Waals surface area contributed by atoms with Crippen molar-refractivity contribution in [2.45, 2.75) is 38.8 Å². The molecule has 1 heterocycles. The number of benzene rings is 1. The van der Waals surface area contributed by atoms with E-state index < -0.39 is 28.9 Å². The second-order valence-corrected chi connectivity index (χ2v) is 5.08. The summed E-state index contributed by atoms with van der Waals surface area (Å²) in [5.74, 6) is -0.641. The average molecular weight is 322 g/mol. The van der Waals surface area contributed by atoms with Gasteiger partial charge in [-0.05, 0) is 18.9 Å². The lowest BCUT2D eigenvalue weighted by Crippen LogP contribution is -2.53. The van der Waals surface area contributed by atoms with E-state index in [1.54, 1.807) is 13.8 Å². The fraction of sp³-hybridized carbons (Fsp3) is 0.467. The minimum Gasteiger partial charge on any atom is -0.478 e. The first-order chi connectivity index (χ1) is 10.9. The Morgan fingerprint density at radius 2 is 2.17 bits per heavy atom. The predicted molar refractivity (Wildman–Crippen MR) is 81.4 cm³/mol. The monoisotopic (exact) mass is 322 g/mol. The van der Waals surface area contributed by atoms with E-state index in [9.17, 15) is 19.7 Å². The van der Waals surface area contributed by atoms with Crippen molar-refractivity contribution in [3.63, 3.8) is 0 Å². The van der Waals surface area contributed by atoms with Gasteiger partial charge in [0.15, 0.2) is 6.10 Å². The first kappa shape index (κ1) is 16.7. The number of ether oxygens (including phenoxy) is 2. The van der Waals surface area contributed by atoms with Crippen molar-refractivity contribution in [3.8, 4) is 5.75 Å². The summed E-state index contributed by atoms with van der Waals surface area (Å²) in [5.41, 5.74) is 0.0333. The van der Waals surface area contributed by atoms with E-state index in [1.807, 2.05) is 0 Å². The summed E-state index contributed by atoms with van der Waals surface area (Å²) in [6.45, 7) is 3.53. The van der Waals surface area contributed by atoms with E-state index in [2.05, 4.69) is 0 Å². The van der Waals surface area contributed by atoms with Crippen LogP contribution in [0.4, 0.5) is 11.4 Å². The Hall–Kier alpha value is -2.64. The summed E-state index contributed by atoms with van der Waals surface area (Å²) in [4.78, 5) is 36.4. The molecule has 0 saturated heterocycles. The van der Waals surface area contributed by atoms with Gasteiger partial charge in [-0.25, -0.2) is 4.79 Å². The molecule has 8 heteroatoms. The van der Waals surface area contributed by atoms with E-state index in [1.165, 1.54) is 30.2 Å². The van der Waals surface area contributed by atoms with Crippen LogP contribution >= 0.6 is 0 Å². The molecule has 0 aromatic heterocycles. The maximum atomic E-state index is 12.6. The molecule has 0 N–H and O–H groups in total. The van der Waals surface area contributed by atoms with Gasteiger partial charge in [-0.15, -0.1) is 0 Å². The molecule has 1 aliphatic rings. The van der Waals surface area contributed by atoms with Gasteiger partial charge in [0.25, 0.3) is 11.6 Å². The zero-order chi connectivity index (χ0) is 17.1. The largest absolute Gasteiger partial charge is 0.478 e. The first-order valence-corrected chi connectivity index (χ1v) is 7.30. The van der Waals surface area contributed by atoms with Gasteiger partial charge in [-0.3, -0.25) is 19.8 Å². The molecule has 0 radical (unpaired) electrons. The molecule has 1 aliphatic heterocycles. The minimum atomic E-state index is -0.855. The fourth-order valence-corrected chi connectivity index (χ4v) is 2.55. The van der Waals surface area contributed by atoms with E-state index in [-0.39, 0.29) is 11.4 Å². The summed E-state index contributed by atoms with van der Waals surface area (Å²) < 4.78 is 10.4. The van der Waals surface area contributed by atoms with Crippen molar-refractivity contribution >= 4 is 23.3 Å². The summed E-state index contributed by atoms with van der Waals surface area (Å²) in [6, 6.07) is 3.13. The maximum Gasteiger partial charge on any atom is 0.328 e. The van der Waals surface area contributed by atoms with E-state index >= 15 is 0 Å². The Labute approximate surface area is 133 Å². The van der Waals surface area contributed by atoms with E-state index in [0.717, 1.165) is 0 Å². The molecular weight excluding hydrogens is 304 g/mol. The highest BCUT2D eigenvalue weighted by Crippen LogP contribution is 2.39.